The van der Waals surface area contributed by atoms with E-state index in [4.69, 9.17) is 0 Å². The van der Waals surface area contributed by atoms with Crippen molar-refractivity contribution in [2.24, 2.45) is 30.2 Å². The van der Waals surface area contributed by atoms with Gasteiger partial charge in [-0.3, -0.25) is 4.79 Å². The highest BCUT2D eigenvalue weighted by molar-refractivity contribution is 5.86. The molecule has 0 unspecified atom stereocenters. The second kappa shape index (κ2) is 5.58. The minimum absolute atomic E-state index is 0.0441. The normalized spacial score (nSPS) is 33.1. The molecule has 1 N–H and O–H groups in total. The monoisotopic (exact) mass is 337 g/mol. The zero-order valence-electron chi connectivity index (χ0n) is 15.0. The molecule has 0 spiro atoms. The van der Waals surface area contributed by atoms with Crippen molar-refractivity contribution in [2.75, 3.05) is 11.9 Å². The van der Waals surface area contributed by atoms with Crippen LogP contribution in [0.1, 0.15) is 44.9 Å². The van der Waals surface area contributed by atoms with Gasteiger partial charge in [-0.05, 0) is 74.5 Å². The number of carbonyl (C=O) groups excluding carboxylic acids is 1. The molecule has 1 aromatic carbocycles. The maximum absolute atomic E-state index is 13.1. The highest BCUT2D eigenvalue weighted by atomic mass is 16.1. The first kappa shape index (κ1) is 15.4. The predicted molar refractivity (Wildman–Crippen MR) is 99.4 cm³/mol. The molecule has 4 aliphatic rings. The third-order valence-electron chi connectivity index (χ3n) is 7.04. The molecule has 0 aliphatic heterocycles. The Morgan fingerprint density at radius 3 is 2.56 bits per heavy atom. The lowest BCUT2D eigenvalue weighted by molar-refractivity contribution is -0.143. The first-order chi connectivity index (χ1) is 12.1. The van der Waals surface area contributed by atoms with Crippen LogP contribution in [0.3, 0.4) is 0 Å². The van der Waals surface area contributed by atoms with E-state index in [-0.39, 0.29) is 5.41 Å². The fraction of sp³-hybridized carbons (Fsp3) is 0.619. The van der Waals surface area contributed by atoms with Crippen LogP contribution in [0.4, 0.5) is 5.69 Å². The number of rotatable bonds is 5. The molecule has 4 aliphatic carbocycles. The van der Waals surface area contributed by atoms with Gasteiger partial charge in [-0.2, -0.15) is 0 Å². The molecular formula is C21H27N3O. The van der Waals surface area contributed by atoms with Crippen LogP contribution in [0.15, 0.2) is 24.5 Å². The van der Waals surface area contributed by atoms with Crippen LogP contribution in [0, 0.1) is 23.2 Å². The van der Waals surface area contributed by atoms with Crippen molar-refractivity contribution in [3.63, 3.8) is 0 Å². The zero-order valence-corrected chi connectivity index (χ0v) is 15.0. The van der Waals surface area contributed by atoms with Crippen molar-refractivity contribution < 1.29 is 4.79 Å². The molecule has 0 radical (unpaired) electrons. The van der Waals surface area contributed by atoms with E-state index in [1.165, 1.54) is 38.5 Å². The minimum Gasteiger partial charge on any atom is -0.385 e. The van der Waals surface area contributed by atoms with E-state index < -0.39 is 0 Å². The van der Waals surface area contributed by atoms with Crippen molar-refractivity contribution in [3.8, 4) is 0 Å². The molecule has 4 fully saturated rings. The summed E-state index contributed by atoms with van der Waals surface area (Å²) in [7, 11) is 2.01. The summed E-state index contributed by atoms with van der Waals surface area (Å²) in [5.41, 5.74) is 3.26. The number of hydrogen-bond acceptors (Lipinski definition) is 3. The number of anilines is 1. The van der Waals surface area contributed by atoms with E-state index in [9.17, 15) is 4.79 Å². The summed E-state index contributed by atoms with van der Waals surface area (Å²) in [4.78, 5) is 17.4. The van der Waals surface area contributed by atoms with Crippen molar-refractivity contribution in [3.05, 3.63) is 24.5 Å². The van der Waals surface area contributed by atoms with Gasteiger partial charge < -0.3 is 9.88 Å². The molecule has 1 heterocycles. The van der Waals surface area contributed by atoms with Crippen molar-refractivity contribution >= 4 is 22.5 Å². The highest BCUT2D eigenvalue weighted by Crippen LogP contribution is 2.60. The van der Waals surface area contributed by atoms with E-state index >= 15 is 0 Å². The molecule has 4 heteroatoms. The number of nitrogens with zero attached hydrogens (tertiary/aromatic N) is 2. The summed E-state index contributed by atoms with van der Waals surface area (Å²) >= 11 is 0. The number of aryl methyl sites for hydroxylation is 1. The lowest BCUT2D eigenvalue weighted by Gasteiger charge is -2.56. The van der Waals surface area contributed by atoms with E-state index in [1.807, 2.05) is 24.0 Å². The molecule has 132 valence electrons. The molecule has 2 aromatic rings. The van der Waals surface area contributed by atoms with E-state index in [0.717, 1.165) is 41.0 Å². The summed E-state index contributed by atoms with van der Waals surface area (Å²) in [6.07, 6.45) is 10.2. The van der Waals surface area contributed by atoms with Crippen LogP contribution in [-0.4, -0.2) is 21.9 Å². The highest BCUT2D eigenvalue weighted by Gasteiger charge is 2.53. The fourth-order valence-corrected chi connectivity index (χ4v) is 6.27. The molecular weight excluding hydrogens is 310 g/mol. The van der Waals surface area contributed by atoms with Crippen LogP contribution < -0.4 is 5.32 Å². The average molecular weight is 337 g/mol. The molecule has 6 rings (SSSR count). The maximum Gasteiger partial charge on any atom is 0.140 e. The summed E-state index contributed by atoms with van der Waals surface area (Å²) in [5.74, 6) is 3.06. The van der Waals surface area contributed by atoms with Crippen molar-refractivity contribution in [2.45, 2.75) is 44.9 Å². The average Bonchev–Trinajstić information content (AvgIpc) is 2.94. The van der Waals surface area contributed by atoms with Crippen LogP contribution in [-0.2, 0) is 11.8 Å². The molecule has 0 saturated heterocycles. The van der Waals surface area contributed by atoms with Crippen LogP contribution in [0.25, 0.3) is 11.0 Å². The van der Waals surface area contributed by atoms with Gasteiger partial charge in [0.15, 0.2) is 0 Å². The Hall–Kier alpha value is -1.84. The molecule has 1 aromatic heterocycles. The first-order valence-electron chi connectivity index (χ1n) is 9.79. The van der Waals surface area contributed by atoms with Gasteiger partial charge in [0.25, 0.3) is 0 Å². The maximum atomic E-state index is 13.1. The molecule has 0 amide bonds. The van der Waals surface area contributed by atoms with Gasteiger partial charge in [-0.25, -0.2) is 4.98 Å². The lowest BCUT2D eigenvalue weighted by atomic mass is 9.48. The summed E-state index contributed by atoms with van der Waals surface area (Å²) < 4.78 is 2.03. The number of fused-ring (bicyclic) bond motifs is 1. The van der Waals surface area contributed by atoms with Gasteiger partial charge >= 0.3 is 0 Å². The molecule has 4 nitrogen and oxygen atoms in total. The van der Waals surface area contributed by atoms with E-state index in [1.54, 1.807) is 0 Å². The third-order valence-corrected chi connectivity index (χ3v) is 7.04. The summed E-state index contributed by atoms with van der Waals surface area (Å²) in [5, 5.41) is 3.45. The number of imidazole rings is 1. The van der Waals surface area contributed by atoms with Crippen molar-refractivity contribution in [1.29, 1.82) is 0 Å². The second-order valence-corrected chi connectivity index (χ2v) is 8.86. The molecule has 4 bridgehead atoms. The van der Waals surface area contributed by atoms with E-state index in [0.29, 0.717) is 12.2 Å². The quantitative estimate of drug-likeness (QED) is 0.891. The number of hydrogen-bond donors (Lipinski definition) is 1. The Morgan fingerprint density at radius 2 is 1.88 bits per heavy atom. The minimum atomic E-state index is 0.0441. The van der Waals surface area contributed by atoms with E-state index in [2.05, 4.69) is 22.4 Å². The predicted octanol–water partition coefficient (Wildman–Crippen LogP) is 4.16. The topological polar surface area (TPSA) is 46.9 Å². The Labute approximate surface area is 149 Å². The summed E-state index contributed by atoms with van der Waals surface area (Å²) in [6.45, 7) is 0.740. The third kappa shape index (κ3) is 2.57. The van der Waals surface area contributed by atoms with Gasteiger partial charge in [-0.15, -0.1) is 0 Å². The van der Waals surface area contributed by atoms with Crippen molar-refractivity contribution in [1.82, 2.24) is 9.55 Å². The number of carbonyl (C=O) groups is 1. The zero-order chi connectivity index (χ0) is 17.0. The number of Topliss-reactive ketones (excluding diaryl/α,β-unsaturated/α-hetero) is 1. The second-order valence-electron chi connectivity index (χ2n) is 8.86. The number of aromatic nitrogens is 2. The van der Waals surface area contributed by atoms with Crippen LogP contribution in [0.5, 0.6) is 0 Å². The lowest BCUT2D eigenvalue weighted by Crippen LogP contribution is -2.50. The van der Waals surface area contributed by atoms with Gasteiger partial charge in [0.1, 0.15) is 5.78 Å². The van der Waals surface area contributed by atoms with Gasteiger partial charge in [0.2, 0.25) is 0 Å². The fourth-order valence-electron chi connectivity index (χ4n) is 6.27. The largest absolute Gasteiger partial charge is 0.385 e. The Balaban J connectivity index is 1.24. The van der Waals surface area contributed by atoms with Crippen LogP contribution in [0.2, 0.25) is 0 Å². The standard InChI is InChI=1S/C21H27N3O/c1-24-13-23-18-3-2-17(9-19(18)24)22-5-4-20(25)21-10-14-6-15(11-21)8-16(7-14)12-21/h2-3,9,13-16,22H,4-8,10-12H2,1H3. The Morgan fingerprint density at radius 1 is 1.20 bits per heavy atom. The smallest absolute Gasteiger partial charge is 0.140 e. The SMILES string of the molecule is Cn1cnc2ccc(NCCC(=O)C34CC5CC(CC(C5)C3)C4)cc21. The van der Waals surface area contributed by atoms with Crippen LogP contribution >= 0.6 is 0 Å². The molecule has 0 atom stereocenters. The molecule has 4 saturated carbocycles. The van der Waals surface area contributed by atoms with Gasteiger partial charge in [0.05, 0.1) is 17.4 Å². The Kier molecular flexibility index (Phi) is 3.44. The Bertz CT molecular complexity index is 786. The number of ketones is 1. The first-order valence-corrected chi connectivity index (χ1v) is 9.79. The number of benzene rings is 1. The van der Waals surface area contributed by atoms with Gasteiger partial charge in [-0.1, -0.05) is 0 Å². The summed E-state index contributed by atoms with van der Waals surface area (Å²) in [6, 6.07) is 6.22. The molecule has 25 heavy (non-hydrogen) atoms. The number of nitrogens with one attached hydrogen (secondary N) is 1. The van der Waals surface area contributed by atoms with Gasteiger partial charge in [0, 0.05) is 31.1 Å².